The number of rotatable bonds is 9. The van der Waals surface area contributed by atoms with E-state index in [1.54, 1.807) is 42.1 Å². The van der Waals surface area contributed by atoms with Gasteiger partial charge in [0.15, 0.2) is 5.82 Å². The zero-order valence-corrected chi connectivity index (χ0v) is 34.1. The van der Waals surface area contributed by atoms with Crippen molar-refractivity contribution in [2.75, 3.05) is 38.1 Å². The first kappa shape index (κ1) is 42.8. The highest BCUT2D eigenvalue weighted by Crippen LogP contribution is 2.41. The number of aryl methyl sites for hydroxylation is 3. The number of urea groups is 1. The van der Waals surface area contributed by atoms with Gasteiger partial charge in [0.2, 0.25) is 0 Å². The average Bonchev–Trinajstić information content (AvgIpc) is 3.77. The maximum atomic E-state index is 14.6. The van der Waals surface area contributed by atoms with E-state index in [4.69, 9.17) is 5.10 Å². The summed E-state index contributed by atoms with van der Waals surface area (Å²) >= 11 is 0. The lowest BCUT2D eigenvalue weighted by Crippen LogP contribution is -2.42. The molecule has 15 heteroatoms. The van der Waals surface area contributed by atoms with Crippen LogP contribution >= 0.6 is 0 Å². The third-order valence-corrected chi connectivity index (χ3v) is 9.55. The molecule has 0 bridgehead atoms. The molecule has 1 aromatic carbocycles. The number of nitrogens with one attached hydrogen (secondary N) is 1. The number of halogens is 2. The number of hydrogen-bond acceptors (Lipinski definition) is 9. The molecule has 1 saturated heterocycles. The molecule has 0 spiro atoms. The van der Waals surface area contributed by atoms with Crippen LogP contribution in [0, 0.1) is 13.8 Å². The molecule has 0 saturated carbocycles. The molecule has 2 aliphatic rings. The molecule has 55 heavy (non-hydrogen) atoms. The minimum absolute atomic E-state index is 0.0442. The number of carbonyl (C=O) groups is 2. The topological polar surface area (TPSA) is 127 Å². The fourth-order valence-corrected chi connectivity index (χ4v) is 6.87. The van der Waals surface area contributed by atoms with Crippen molar-refractivity contribution >= 4 is 24.0 Å². The lowest BCUT2D eigenvalue weighted by Gasteiger charge is -2.33. The third-order valence-electron chi connectivity index (χ3n) is 9.55. The summed E-state index contributed by atoms with van der Waals surface area (Å²) in [5.41, 5.74) is 5.44. The molecule has 1 N–H and O–H groups in total. The lowest BCUT2D eigenvalue weighted by atomic mass is 9.97. The van der Waals surface area contributed by atoms with Crippen molar-refractivity contribution in [3.63, 3.8) is 0 Å². The van der Waals surface area contributed by atoms with E-state index in [1.807, 2.05) is 78.7 Å². The molecule has 3 aromatic heterocycles. The maximum Gasteiger partial charge on any atom is 0.317 e. The normalized spacial score (nSPS) is 14.7. The van der Waals surface area contributed by atoms with Crippen LogP contribution in [0.5, 0.6) is 0 Å². The molecule has 2 amide bonds. The third kappa shape index (κ3) is 10.6. The predicted molar refractivity (Wildman–Crippen MR) is 210 cm³/mol. The van der Waals surface area contributed by atoms with Gasteiger partial charge >= 0.3 is 6.03 Å². The van der Waals surface area contributed by atoms with Gasteiger partial charge in [-0.1, -0.05) is 13.8 Å². The second kappa shape index (κ2) is 19.1. The summed E-state index contributed by atoms with van der Waals surface area (Å²) in [6.07, 6.45) is 6.91. The Bertz CT molecular complexity index is 1860. The van der Waals surface area contributed by atoms with Gasteiger partial charge in [-0.3, -0.25) is 19.1 Å². The Balaban J connectivity index is 0.000000674. The summed E-state index contributed by atoms with van der Waals surface area (Å²) in [5.74, 6) is 1.54. The van der Waals surface area contributed by atoms with Gasteiger partial charge in [-0.25, -0.2) is 23.5 Å². The molecule has 2 aliphatic heterocycles. The van der Waals surface area contributed by atoms with Crippen LogP contribution in [-0.4, -0.2) is 90.7 Å². The molecule has 0 aliphatic carbocycles. The summed E-state index contributed by atoms with van der Waals surface area (Å²) in [6.45, 7) is 19.9. The molecular weight excluding hydrogens is 707 g/mol. The largest absolute Gasteiger partial charge is 0.462 e. The van der Waals surface area contributed by atoms with Gasteiger partial charge in [-0.15, -0.1) is 0 Å². The molecule has 6 rings (SSSR count). The number of carbonyl (C=O) groups excluding carboxylic acids is 2. The predicted octanol–water partition coefficient (Wildman–Crippen LogP) is 7.30. The van der Waals surface area contributed by atoms with Crippen molar-refractivity contribution in [1.29, 1.82) is 0 Å². The number of piperidine rings is 1. The van der Waals surface area contributed by atoms with Crippen molar-refractivity contribution in [2.24, 2.45) is 7.05 Å². The van der Waals surface area contributed by atoms with Gasteiger partial charge in [0.1, 0.15) is 11.4 Å². The van der Waals surface area contributed by atoms with Crippen molar-refractivity contribution in [1.82, 2.24) is 44.6 Å². The Morgan fingerprint density at radius 1 is 1.09 bits per heavy atom. The first-order valence-corrected chi connectivity index (χ1v) is 19.1. The number of aromatic nitrogens is 6. The van der Waals surface area contributed by atoms with Crippen LogP contribution in [0.4, 0.5) is 25.1 Å². The minimum atomic E-state index is -2.67. The molecule has 4 aromatic rings. The van der Waals surface area contributed by atoms with Gasteiger partial charge in [0, 0.05) is 93.4 Å². The van der Waals surface area contributed by atoms with Crippen molar-refractivity contribution in [3.8, 4) is 11.1 Å². The fourth-order valence-electron chi connectivity index (χ4n) is 6.87. The molecule has 0 atom stereocenters. The number of amides is 2. The summed E-state index contributed by atoms with van der Waals surface area (Å²) < 4.78 is 37.5. The van der Waals surface area contributed by atoms with Crippen LogP contribution in [0.1, 0.15) is 101 Å². The molecule has 13 nitrogen and oxygen atoms in total. The van der Waals surface area contributed by atoms with Gasteiger partial charge in [0.25, 0.3) is 12.9 Å². The average molecular weight is 765 g/mol. The quantitative estimate of drug-likeness (QED) is 0.175. The van der Waals surface area contributed by atoms with E-state index in [-0.39, 0.29) is 23.2 Å². The Kier molecular flexibility index (Phi) is 14.9. The molecule has 300 valence electrons. The van der Waals surface area contributed by atoms with Gasteiger partial charge < -0.3 is 19.9 Å². The van der Waals surface area contributed by atoms with Gasteiger partial charge in [-0.05, 0) is 83.2 Å². The second-order valence-corrected chi connectivity index (χ2v) is 14.6. The van der Waals surface area contributed by atoms with E-state index in [0.29, 0.717) is 55.9 Å². The molecular formula is C40H58F2N10O3. The van der Waals surface area contributed by atoms with E-state index in [9.17, 15) is 18.4 Å². The minimum Gasteiger partial charge on any atom is -0.462 e. The second-order valence-electron chi connectivity index (χ2n) is 14.6. The van der Waals surface area contributed by atoms with E-state index >= 15 is 0 Å². The summed E-state index contributed by atoms with van der Waals surface area (Å²) in [7, 11) is 3.41. The number of alkyl halides is 2. The van der Waals surface area contributed by atoms with Crippen LogP contribution in [0.25, 0.3) is 11.1 Å². The zero-order chi connectivity index (χ0) is 40.4. The zero-order valence-electron chi connectivity index (χ0n) is 34.1. The summed E-state index contributed by atoms with van der Waals surface area (Å²) in [5, 5.41) is 12.2. The first-order valence-electron chi connectivity index (χ1n) is 19.1. The smallest absolute Gasteiger partial charge is 0.317 e. The Hall–Kier alpha value is -4.92. The standard InChI is InChI=1S/C33H42F2N10O.C5H10O2.C2H6/c1-6-44(29-14-26(31(34)35)25(13-22(29)3)23-17-39-41(5)18-23)32-27-19-43(33(46)36-4)12-9-28(27)45(40-32)24-7-10-42(11-8-24)20-30-37-15-21(2)16-38-30;1-5(2,3)7-4-6;1-2/h13-18,24,31H,6-12,19-20H2,1-5H3,(H,36,46);4H,1-3H3;1-2H3. The lowest BCUT2D eigenvalue weighted by molar-refractivity contribution is -0.138. The van der Waals surface area contributed by atoms with E-state index < -0.39 is 6.43 Å². The highest BCUT2D eigenvalue weighted by Gasteiger charge is 2.34. The van der Waals surface area contributed by atoms with Crippen LogP contribution in [0.2, 0.25) is 0 Å². The molecule has 0 unspecified atom stereocenters. The monoisotopic (exact) mass is 764 g/mol. The van der Waals surface area contributed by atoms with E-state index in [2.05, 4.69) is 34.7 Å². The van der Waals surface area contributed by atoms with Crippen molar-refractivity contribution < 1.29 is 23.1 Å². The highest BCUT2D eigenvalue weighted by molar-refractivity contribution is 5.77. The fraction of sp³-hybridized carbons (Fsp3) is 0.550. The van der Waals surface area contributed by atoms with E-state index in [1.165, 1.54) is 0 Å². The number of nitrogens with zero attached hydrogens (tertiary/aromatic N) is 9. The Morgan fingerprint density at radius 3 is 2.29 bits per heavy atom. The number of fused-ring (bicyclic) bond motifs is 1. The number of anilines is 2. The Morgan fingerprint density at radius 2 is 1.76 bits per heavy atom. The Labute approximate surface area is 324 Å². The number of likely N-dealkylation sites (tertiary alicyclic amines) is 1. The number of ether oxygens (including phenoxy) is 1. The molecule has 1 fully saturated rings. The van der Waals surface area contributed by atoms with Gasteiger partial charge in [-0.2, -0.15) is 10.2 Å². The summed E-state index contributed by atoms with van der Waals surface area (Å²) in [6, 6.07) is 3.47. The first-order chi connectivity index (χ1) is 26.2. The SMILES string of the molecule is CC.CC(C)(C)OC=O.CCN(c1cc(C(F)F)c(-c2cnn(C)c2)cc1C)c1nn(C2CCN(Cc3ncc(C)cn3)CC2)c2c1CN(C(=O)NC)CC2. The van der Waals surface area contributed by atoms with Crippen LogP contribution in [0.3, 0.4) is 0 Å². The van der Waals surface area contributed by atoms with Crippen molar-refractivity contribution in [3.05, 3.63) is 70.7 Å². The van der Waals surface area contributed by atoms with E-state index in [0.717, 1.165) is 60.0 Å². The van der Waals surface area contributed by atoms with Crippen LogP contribution in [-0.2, 0) is 36.1 Å². The van der Waals surface area contributed by atoms with Crippen molar-refractivity contribution in [2.45, 2.75) is 106 Å². The summed E-state index contributed by atoms with van der Waals surface area (Å²) in [4.78, 5) is 37.5. The van der Waals surface area contributed by atoms with Crippen LogP contribution < -0.4 is 10.2 Å². The number of benzene rings is 1. The molecule has 5 heterocycles. The maximum absolute atomic E-state index is 14.6. The van der Waals surface area contributed by atoms with Crippen LogP contribution in [0.15, 0.2) is 36.9 Å². The molecule has 0 radical (unpaired) electrons. The highest BCUT2D eigenvalue weighted by atomic mass is 19.3. The number of hydrogen-bond donors (Lipinski definition) is 1. The van der Waals surface area contributed by atoms with Gasteiger partial charge in [0.05, 0.1) is 25.3 Å².